The van der Waals surface area contributed by atoms with Crippen molar-refractivity contribution >= 4 is 23.6 Å². The van der Waals surface area contributed by atoms with E-state index in [1.165, 1.54) is 4.90 Å². The average molecular weight is 496 g/mol. The van der Waals surface area contributed by atoms with Gasteiger partial charge in [0, 0.05) is 13.0 Å². The Labute approximate surface area is 210 Å². The third-order valence-electron chi connectivity index (χ3n) is 7.11. The van der Waals surface area contributed by atoms with Crippen molar-refractivity contribution in [2.75, 3.05) is 25.2 Å². The number of carbonyl (C=O) groups excluding carboxylic acids is 2. The van der Waals surface area contributed by atoms with Crippen LogP contribution in [0.1, 0.15) is 37.7 Å². The predicted molar refractivity (Wildman–Crippen MR) is 134 cm³/mol. The number of hydrogen-bond donors (Lipinski definition) is 3. The molecule has 0 radical (unpaired) electrons. The number of fused-ring (bicyclic) bond motifs is 1. The minimum atomic E-state index is -0.908. The van der Waals surface area contributed by atoms with E-state index in [4.69, 9.17) is 9.15 Å². The number of ether oxygens (including phenoxy) is 1. The van der Waals surface area contributed by atoms with E-state index in [2.05, 4.69) is 0 Å². The van der Waals surface area contributed by atoms with E-state index < -0.39 is 23.9 Å². The zero-order valence-corrected chi connectivity index (χ0v) is 20.6. The molecule has 2 amide bonds. The minimum Gasteiger partial charge on any atom is -0.459 e. The number of allylic oxidation sites excluding steroid dienone is 1. The molecule has 0 bridgehead atoms. The Hall–Kier alpha value is -3.04. The lowest BCUT2D eigenvalue weighted by Gasteiger charge is -2.36. The maximum atomic E-state index is 13.5. The molecule has 0 saturated carbocycles. The summed E-state index contributed by atoms with van der Waals surface area (Å²) in [7, 11) is 1.55. The fourth-order valence-corrected chi connectivity index (χ4v) is 5.49. The largest absolute Gasteiger partial charge is 0.459 e. The summed E-state index contributed by atoms with van der Waals surface area (Å²) in [5.74, 6) is -1.53. The third-order valence-corrected chi connectivity index (χ3v) is 7.11. The first-order chi connectivity index (χ1) is 17.4. The van der Waals surface area contributed by atoms with Gasteiger partial charge in [-0.15, -0.1) is 0 Å². The highest BCUT2D eigenvalue weighted by molar-refractivity contribution is 6.22. The first-order valence-electron chi connectivity index (χ1n) is 12.2. The molecule has 1 aliphatic heterocycles. The van der Waals surface area contributed by atoms with E-state index in [1.807, 2.05) is 19.1 Å². The molecule has 0 unspecified atom stereocenters. The molecule has 2 heterocycles. The van der Waals surface area contributed by atoms with Crippen LogP contribution in [0.15, 0.2) is 63.6 Å². The van der Waals surface area contributed by atoms with Gasteiger partial charge in [0.25, 0.3) is 0 Å². The molecule has 1 fully saturated rings. The lowest BCUT2D eigenvalue weighted by atomic mass is 9.68. The first kappa shape index (κ1) is 26.0. The van der Waals surface area contributed by atoms with E-state index in [0.29, 0.717) is 42.0 Å². The summed E-state index contributed by atoms with van der Waals surface area (Å²) in [5, 5.41) is 30.8. The quantitative estimate of drug-likeness (QED) is 0.342. The van der Waals surface area contributed by atoms with Gasteiger partial charge in [-0.25, -0.2) is 0 Å². The summed E-state index contributed by atoms with van der Waals surface area (Å²) in [6.07, 6.45) is 2.18. The summed E-state index contributed by atoms with van der Waals surface area (Å²) in [4.78, 5) is 28.0. The third kappa shape index (κ3) is 5.08. The van der Waals surface area contributed by atoms with Crippen LogP contribution in [0.25, 0.3) is 6.08 Å². The van der Waals surface area contributed by atoms with Gasteiger partial charge < -0.3 is 24.5 Å². The van der Waals surface area contributed by atoms with E-state index in [1.54, 1.807) is 43.5 Å². The number of benzene rings is 1. The van der Waals surface area contributed by atoms with Crippen LogP contribution in [0.3, 0.4) is 0 Å². The molecule has 2 aliphatic rings. The number of aliphatic hydroxyl groups excluding tert-OH is 3. The Kier molecular flexibility index (Phi) is 8.21. The van der Waals surface area contributed by atoms with E-state index in [9.17, 15) is 24.9 Å². The maximum absolute atomic E-state index is 13.5. The van der Waals surface area contributed by atoms with Crippen LogP contribution in [0, 0.1) is 17.8 Å². The number of amides is 2. The van der Waals surface area contributed by atoms with Gasteiger partial charge in [0.05, 0.1) is 36.8 Å². The number of hydrogen-bond acceptors (Lipinski definition) is 7. The van der Waals surface area contributed by atoms with Gasteiger partial charge in [0.2, 0.25) is 11.8 Å². The molecule has 192 valence electrons. The number of nitrogens with zero attached hydrogens (tertiary/aromatic N) is 1. The SMILES string of the molecule is COCC1=C([C@H](O)CC/C(C)=C/c2ccc(CO)o2)[C@H](CO)[C@@H]2C(=O)N(c3ccccc3)C(=O)[C@@H]2C1. The van der Waals surface area contributed by atoms with Crippen LogP contribution >= 0.6 is 0 Å². The monoisotopic (exact) mass is 495 g/mol. The number of furan rings is 1. The van der Waals surface area contributed by atoms with Crippen molar-refractivity contribution in [1.82, 2.24) is 0 Å². The number of para-hydroxylation sites is 1. The van der Waals surface area contributed by atoms with Crippen LogP contribution in [0.2, 0.25) is 0 Å². The molecular formula is C28H33NO7. The molecule has 4 atom stereocenters. The normalized spacial score (nSPS) is 23.4. The second kappa shape index (κ2) is 11.3. The van der Waals surface area contributed by atoms with Gasteiger partial charge in [-0.3, -0.25) is 14.5 Å². The van der Waals surface area contributed by atoms with Crippen LogP contribution in [0.5, 0.6) is 0 Å². The molecule has 8 heteroatoms. The molecule has 1 aromatic carbocycles. The van der Waals surface area contributed by atoms with Crippen molar-refractivity contribution in [3.63, 3.8) is 0 Å². The predicted octanol–water partition coefficient (Wildman–Crippen LogP) is 3.08. The van der Waals surface area contributed by atoms with Crippen molar-refractivity contribution in [1.29, 1.82) is 0 Å². The van der Waals surface area contributed by atoms with Crippen molar-refractivity contribution in [2.24, 2.45) is 17.8 Å². The van der Waals surface area contributed by atoms with Gasteiger partial charge in [-0.05, 0) is 67.7 Å². The topological polar surface area (TPSA) is 120 Å². The highest BCUT2D eigenvalue weighted by Gasteiger charge is 2.55. The first-order valence-corrected chi connectivity index (χ1v) is 12.2. The zero-order chi connectivity index (χ0) is 25.8. The van der Waals surface area contributed by atoms with Gasteiger partial charge in [-0.1, -0.05) is 23.8 Å². The molecule has 3 N–H and O–H groups in total. The van der Waals surface area contributed by atoms with E-state index in [0.717, 1.165) is 11.1 Å². The lowest BCUT2D eigenvalue weighted by molar-refractivity contribution is -0.123. The summed E-state index contributed by atoms with van der Waals surface area (Å²) in [5.41, 5.74) is 2.85. The Morgan fingerprint density at radius 2 is 1.92 bits per heavy atom. The average Bonchev–Trinajstić information content (AvgIpc) is 3.44. The molecule has 8 nitrogen and oxygen atoms in total. The van der Waals surface area contributed by atoms with Crippen LogP contribution in [0.4, 0.5) is 5.69 Å². The number of anilines is 1. The molecular weight excluding hydrogens is 462 g/mol. The number of methoxy groups -OCH3 is 1. The van der Waals surface area contributed by atoms with E-state index >= 15 is 0 Å². The zero-order valence-electron chi connectivity index (χ0n) is 20.6. The van der Waals surface area contributed by atoms with Crippen molar-refractivity contribution in [3.8, 4) is 0 Å². The standard InChI is InChI=1S/C28H33NO7/c1-17(12-20-9-10-21(14-30)36-20)8-11-24(32)25-18(16-35-2)13-22-26(23(25)15-31)28(34)29(27(22)33)19-6-4-3-5-7-19/h3-7,9-10,12,22-24,26,30-32H,8,11,13-16H2,1-2H3/b17-12+/t22-,23+,24-,26-/m1/s1. The molecule has 2 aromatic rings. The van der Waals surface area contributed by atoms with E-state index in [-0.39, 0.29) is 31.6 Å². The van der Waals surface area contributed by atoms with Crippen molar-refractivity contribution < 1.29 is 34.1 Å². The van der Waals surface area contributed by atoms with Crippen LogP contribution in [-0.4, -0.2) is 53.6 Å². The molecule has 1 saturated heterocycles. The molecule has 36 heavy (non-hydrogen) atoms. The Balaban J connectivity index is 1.57. The van der Waals surface area contributed by atoms with Gasteiger partial charge in [-0.2, -0.15) is 0 Å². The fourth-order valence-electron chi connectivity index (χ4n) is 5.49. The van der Waals surface area contributed by atoms with Crippen molar-refractivity contribution in [3.05, 3.63) is 70.7 Å². The summed E-state index contributed by atoms with van der Waals surface area (Å²) in [6, 6.07) is 12.3. The lowest BCUT2D eigenvalue weighted by Crippen LogP contribution is -2.39. The Bertz CT molecular complexity index is 1150. The number of carbonyl (C=O) groups is 2. The Morgan fingerprint density at radius 1 is 1.17 bits per heavy atom. The number of aliphatic hydroxyl groups is 3. The molecule has 0 spiro atoms. The summed E-state index contributed by atoms with van der Waals surface area (Å²) in [6.45, 7) is 1.61. The van der Waals surface area contributed by atoms with Gasteiger partial charge in [0.15, 0.2) is 0 Å². The number of imide groups is 1. The highest BCUT2D eigenvalue weighted by atomic mass is 16.5. The summed E-state index contributed by atoms with van der Waals surface area (Å²) < 4.78 is 10.9. The van der Waals surface area contributed by atoms with Crippen LogP contribution < -0.4 is 4.90 Å². The van der Waals surface area contributed by atoms with Crippen LogP contribution in [-0.2, 0) is 20.9 Å². The van der Waals surface area contributed by atoms with Gasteiger partial charge in [0.1, 0.15) is 18.1 Å². The smallest absolute Gasteiger partial charge is 0.238 e. The molecule has 4 rings (SSSR count). The maximum Gasteiger partial charge on any atom is 0.238 e. The minimum absolute atomic E-state index is 0.171. The second-order valence-electron chi connectivity index (χ2n) is 9.47. The Morgan fingerprint density at radius 3 is 2.56 bits per heavy atom. The fraction of sp³-hybridized carbons (Fsp3) is 0.429. The molecule has 1 aliphatic carbocycles. The van der Waals surface area contributed by atoms with Crippen molar-refractivity contribution in [2.45, 2.75) is 38.9 Å². The number of rotatable bonds is 10. The second-order valence-corrected chi connectivity index (χ2v) is 9.47. The highest BCUT2D eigenvalue weighted by Crippen LogP contribution is 2.47. The van der Waals surface area contributed by atoms with Gasteiger partial charge >= 0.3 is 0 Å². The molecule has 1 aromatic heterocycles. The summed E-state index contributed by atoms with van der Waals surface area (Å²) >= 11 is 0.